The SMILES string of the molecule is CCn1c2c(c3c4cccnc4ccc31)C(=O)CCC2. The summed E-state index contributed by atoms with van der Waals surface area (Å²) < 4.78 is 2.30. The summed E-state index contributed by atoms with van der Waals surface area (Å²) >= 11 is 0. The maximum absolute atomic E-state index is 12.4. The van der Waals surface area contributed by atoms with Gasteiger partial charge in [-0.1, -0.05) is 6.07 Å². The summed E-state index contributed by atoms with van der Waals surface area (Å²) in [5, 5.41) is 2.21. The zero-order valence-electron chi connectivity index (χ0n) is 11.5. The number of hydrogen-bond acceptors (Lipinski definition) is 2. The lowest BCUT2D eigenvalue weighted by atomic mass is 9.93. The van der Waals surface area contributed by atoms with Crippen LogP contribution in [0.2, 0.25) is 0 Å². The molecule has 1 aliphatic rings. The molecule has 100 valence electrons. The topological polar surface area (TPSA) is 34.9 Å². The first-order valence-corrected chi connectivity index (χ1v) is 7.23. The number of rotatable bonds is 1. The van der Waals surface area contributed by atoms with Crippen molar-refractivity contribution in [2.45, 2.75) is 32.7 Å². The molecule has 0 unspecified atom stereocenters. The van der Waals surface area contributed by atoms with Gasteiger partial charge in [-0.3, -0.25) is 9.78 Å². The summed E-state index contributed by atoms with van der Waals surface area (Å²) in [5.41, 5.74) is 4.31. The van der Waals surface area contributed by atoms with Gasteiger partial charge in [-0.05, 0) is 38.0 Å². The van der Waals surface area contributed by atoms with E-state index >= 15 is 0 Å². The van der Waals surface area contributed by atoms with E-state index in [4.69, 9.17) is 0 Å². The van der Waals surface area contributed by atoms with Gasteiger partial charge in [0.2, 0.25) is 0 Å². The highest BCUT2D eigenvalue weighted by Gasteiger charge is 2.26. The molecule has 0 atom stereocenters. The number of benzene rings is 1. The van der Waals surface area contributed by atoms with Crippen molar-refractivity contribution in [3.63, 3.8) is 0 Å². The number of aryl methyl sites for hydroxylation is 1. The summed E-state index contributed by atoms with van der Waals surface area (Å²) in [4.78, 5) is 16.9. The normalized spacial score (nSPS) is 14.9. The van der Waals surface area contributed by atoms with Gasteiger partial charge < -0.3 is 4.57 Å². The molecule has 20 heavy (non-hydrogen) atoms. The largest absolute Gasteiger partial charge is 0.344 e. The van der Waals surface area contributed by atoms with Gasteiger partial charge in [-0.2, -0.15) is 0 Å². The van der Waals surface area contributed by atoms with Crippen LogP contribution < -0.4 is 0 Å². The molecule has 1 aromatic carbocycles. The Bertz CT molecular complexity index is 845. The van der Waals surface area contributed by atoms with Crippen LogP contribution in [0.5, 0.6) is 0 Å². The first-order chi connectivity index (χ1) is 9.81. The number of fused-ring (bicyclic) bond motifs is 5. The average Bonchev–Trinajstić information content (AvgIpc) is 2.82. The lowest BCUT2D eigenvalue weighted by molar-refractivity contribution is 0.0973. The van der Waals surface area contributed by atoms with Gasteiger partial charge >= 0.3 is 0 Å². The molecule has 0 amide bonds. The second kappa shape index (κ2) is 4.17. The molecule has 0 saturated heterocycles. The Morgan fingerprint density at radius 3 is 3.00 bits per heavy atom. The van der Waals surface area contributed by atoms with Gasteiger partial charge in [0.1, 0.15) is 0 Å². The van der Waals surface area contributed by atoms with E-state index in [0.29, 0.717) is 12.2 Å². The van der Waals surface area contributed by atoms with E-state index in [2.05, 4.69) is 34.7 Å². The van der Waals surface area contributed by atoms with Crippen molar-refractivity contribution < 1.29 is 4.79 Å². The van der Waals surface area contributed by atoms with Crippen molar-refractivity contribution in [2.75, 3.05) is 0 Å². The van der Waals surface area contributed by atoms with Gasteiger partial charge in [-0.25, -0.2) is 0 Å². The molecule has 3 heteroatoms. The van der Waals surface area contributed by atoms with Crippen molar-refractivity contribution in [1.29, 1.82) is 0 Å². The van der Waals surface area contributed by atoms with Crippen LogP contribution in [-0.2, 0) is 13.0 Å². The number of Topliss-reactive ketones (excluding diaryl/α,β-unsaturated/α-hetero) is 1. The molecular weight excluding hydrogens is 248 g/mol. The van der Waals surface area contributed by atoms with Crippen LogP contribution in [0, 0.1) is 0 Å². The minimum absolute atomic E-state index is 0.291. The Labute approximate surface area is 117 Å². The van der Waals surface area contributed by atoms with Crippen LogP contribution in [-0.4, -0.2) is 15.3 Å². The number of carbonyl (C=O) groups is 1. The maximum atomic E-state index is 12.4. The van der Waals surface area contributed by atoms with Gasteiger partial charge in [-0.15, -0.1) is 0 Å². The summed E-state index contributed by atoms with van der Waals surface area (Å²) in [7, 11) is 0. The molecule has 0 aliphatic heterocycles. The van der Waals surface area contributed by atoms with E-state index in [0.717, 1.165) is 41.2 Å². The fourth-order valence-electron chi connectivity index (χ4n) is 3.52. The maximum Gasteiger partial charge on any atom is 0.165 e. The van der Waals surface area contributed by atoms with Crippen molar-refractivity contribution in [2.24, 2.45) is 0 Å². The highest BCUT2D eigenvalue weighted by molar-refractivity contribution is 6.18. The zero-order chi connectivity index (χ0) is 13.7. The number of nitrogens with zero attached hydrogens (tertiary/aromatic N) is 2. The molecule has 4 rings (SSSR count). The van der Waals surface area contributed by atoms with Gasteiger partial charge in [0.15, 0.2) is 5.78 Å². The molecule has 0 saturated carbocycles. The second-order valence-electron chi connectivity index (χ2n) is 5.37. The molecule has 3 aromatic rings. The molecule has 1 aliphatic carbocycles. The third kappa shape index (κ3) is 1.40. The average molecular weight is 264 g/mol. The third-order valence-corrected chi connectivity index (χ3v) is 4.33. The predicted molar refractivity (Wildman–Crippen MR) is 80.2 cm³/mol. The number of aromatic nitrogens is 2. The molecule has 2 heterocycles. The number of hydrogen-bond donors (Lipinski definition) is 0. The molecule has 0 bridgehead atoms. The first-order valence-electron chi connectivity index (χ1n) is 7.23. The minimum atomic E-state index is 0.291. The highest BCUT2D eigenvalue weighted by atomic mass is 16.1. The monoisotopic (exact) mass is 264 g/mol. The smallest absolute Gasteiger partial charge is 0.165 e. The van der Waals surface area contributed by atoms with Crippen LogP contribution >= 0.6 is 0 Å². The predicted octanol–water partition coefficient (Wildman–Crippen LogP) is 3.73. The minimum Gasteiger partial charge on any atom is -0.344 e. The van der Waals surface area contributed by atoms with E-state index in [9.17, 15) is 4.79 Å². The van der Waals surface area contributed by atoms with Crippen molar-refractivity contribution in [3.05, 3.63) is 41.7 Å². The summed E-state index contributed by atoms with van der Waals surface area (Å²) in [6, 6.07) is 8.19. The Morgan fingerprint density at radius 2 is 2.15 bits per heavy atom. The highest BCUT2D eigenvalue weighted by Crippen LogP contribution is 2.36. The molecule has 0 spiro atoms. The lowest BCUT2D eigenvalue weighted by Gasteiger charge is -2.13. The molecular formula is C17H16N2O. The Morgan fingerprint density at radius 1 is 1.25 bits per heavy atom. The summed E-state index contributed by atoms with van der Waals surface area (Å²) in [6.45, 7) is 3.05. The molecule has 0 fully saturated rings. The molecule has 2 aromatic heterocycles. The Kier molecular flexibility index (Phi) is 2.43. The van der Waals surface area contributed by atoms with Crippen molar-refractivity contribution in [3.8, 4) is 0 Å². The van der Waals surface area contributed by atoms with Crippen molar-refractivity contribution in [1.82, 2.24) is 9.55 Å². The standard InChI is InChI=1S/C17H16N2O/c1-2-19-13-6-3-7-15(20)17(13)16-11-5-4-10-18-12(11)8-9-14(16)19/h4-5,8-10H,2-3,6-7H2,1H3. The van der Waals surface area contributed by atoms with Crippen LogP contribution in [0.15, 0.2) is 30.5 Å². The van der Waals surface area contributed by atoms with Gasteiger partial charge in [0.05, 0.1) is 5.52 Å². The van der Waals surface area contributed by atoms with E-state index in [1.165, 1.54) is 11.2 Å². The molecule has 0 N–H and O–H groups in total. The zero-order valence-corrected chi connectivity index (χ0v) is 11.5. The summed E-state index contributed by atoms with van der Waals surface area (Å²) in [5.74, 6) is 0.291. The van der Waals surface area contributed by atoms with E-state index < -0.39 is 0 Å². The third-order valence-electron chi connectivity index (χ3n) is 4.33. The van der Waals surface area contributed by atoms with E-state index in [-0.39, 0.29) is 0 Å². The number of ketones is 1. The number of pyridine rings is 1. The fraction of sp³-hybridized carbons (Fsp3) is 0.294. The molecule has 0 radical (unpaired) electrons. The van der Waals surface area contributed by atoms with Gasteiger partial charge in [0, 0.05) is 46.7 Å². The van der Waals surface area contributed by atoms with Crippen LogP contribution in [0.4, 0.5) is 0 Å². The Balaban J connectivity index is 2.26. The Hall–Kier alpha value is -2.16. The molecule has 3 nitrogen and oxygen atoms in total. The van der Waals surface area contributed by atoms with Crippen LogP contribution in [0.3, 0.4) is 0 Å². The van der Waals surface area contributed by atoms with Gasteiger partial charge in [0.25, 0.3) is 0 Å². The first kappa shape index (κ1) is 11.6. The van der Waals surface area contributed by atoms with E-state index in [1.807, 2.05) is 6.07 Å². The summed E-state index contributed by atoms with van der Waals surface area (Å²) in [6.07, 6.45) is 4.45. The number of carbonyl (C=O) groups excluding carboxylic acids is 1. The van der Waals surface area contributed by atoms with Crippen LogP contribution in [0.1, 0.15) is 35.8 Å². The van der Waals surface area contributed by atoms with Crippen LogP contribution in [0.25, 0.3) is 21.8 Å². The van der Waals surface area contributed by atoms with Crippen molar-refractivity contribution >= 4 is 27.6 Å². The quantitative estimate of drug-likeness (QED) is 0.671. The fourth-order valence-corrected chi connectivity index (χ4v) is 3.52. The second-order valence-corrected chi connectivity index (χ2v) is 5.37. The lowest BCUT2D eigenvalue weighted by Crippen LogP contribution is -2.12. The van der Waals surface area contributed by atoms with E-state index in [1.54, 1.807) is 6.20 Å².